The van der Waals surface area contributed by atoms with E-state index in [1.807, 2.05) is 19.9 Å². The monoisotopic (exact) mass is 446 g/mol. The Morgan fingerprint density at radius 1 is 1.27 bits per heavy atom. The molecule has 2 aromatic carbocycles. The first kappa shape index (κ1) is 21.1. The third kappa shape index (κ3) is 2.61. The Kier molecular flexibility index (Phi) is 4.38. The van der Waals surface area contributed by atoms with Crippen molar-refractivity contribution in [3.8, 4) is 5.75 Å². The number of ether oxygens (including phenoxy) is 1. The number of nitrogens with zero attached hydrogens (tertiary/aromatic N) is 1. The number of aliphatic hydroxyl groups is 1. The molecule has 3 unspecified atom stereocenters. The van der Waals surface area contributed by atoms with Crippen LogP contribution in [0.4, 0.5) is 0 Å². The largest absolute Gasteiger partial charge is 0.457 e. The lowest BCUT2D eigenvalue weighted by atomic mass is 9.73. The van der Waals surface area contributed by atoms with Crippen LogP contribution < -0.4 is 10.5 Å². The number of benzene rings is 2. The lowest BCUT2D eigenvalue weighted by Crippen LogP contribution is -2.43. The van der Waals surface area contributed by atoms with E-state index < -0.39 is 33.9 Å². The Balaban J connectivity index is 1.74. The zero-order valence-electron chi connectivity index (χ0n) is 18.1. The van der Waals surface area contributed by atoms with Crippen molar-refractivity contribution in [2.24, 2.45) is 5.73 Å². The number of fused-ring (bicyclic) bond motifs is 4. The van der Waals surface area contributed by atoms with Gasteiger partial charge in [0.05, 0.1) is 5.57 Å². The molecule has 3 aliphatic rings. The molecule has 5 rings (SSSR count). The number of nitrogens with two attached hydrogens (primary N) is 1. The van der Waals surface area contributed by atoms with Crippen LogP contribution in [-0.2, 0) is 10.3 Å². The molecule has 1 amide bonds. The van der Waals surface area contributed by atoms with Crippen LogP contribution in [0.2, 0.25) is 0 Å². The van der Waals surface area contributed by atoms with Crippen molar-refractivity contribution in [3.63, 3.8) is 0 Å². The number of rotatable bonds is 4. The van der Waals surface area contributed by atoms with E-state index >= 15 is 0 Å². The summed E-state index contributed by atoms with van der Waals surface area (Å²) in [5.74, 6) is -4.04. The lowest BCUT2D eigenvalue weighted by Gasteiger charge is -2.31. The summed E-state index contributed by atoms with van der Waals surface area (Å²) in [5, 5.41) is 24.3. The van der Waals surface area contributed by atoms with Gasteiger partial charge < -0.3 is 15.6 Å². The van der Waals surface area contributed by atoms with E-state index in [1.54, 1.807) is 24.3 Å². The van der Waals surface area contributed by atoms with E-state index in [0.717, 1.165) is 5.56 Å². The predicted molar refractivity (Wildman–Crippen MR) is 118 cm³/mol. The van der Waals surface area contributed by atoms with Crippen LogP contribution in [0.5, 0.6) is 5.75 Å². The van der Waals surface area contributed by atoms with Crippen LogP contribution in [0.1, 0.15) is 59.2 Å². The average molecular weight is 446 g/mol. The van der Waals surface area contributed by atoms with Crippen LogP contribution in [0.3, 0.4) is 0 Å². The van der Waals surface area contributed by atoms with Gasteiger partial charge in [-0.3, -0.25) is 19.7 Å². The minimum absolute atomic E-state index is 0.0200. The van der Waals surface area contributed by atoms with Crippen LogP contribution in [0.15, 0.2) is 65.8 Å². The maximum Gasteiger partial charge on any atom is 0.280 e. The van der Waals surface area contributed by atoms with E-state index in [0.29, 0.717) is 11.3 Å². The second-order valence-electron chi connectivity index (χ2n) is 8.97. The molecule has 8 nitrogen and oxygen atoms in total. The minimum Gasteiger partial charge on any atom is -0.457 e. The molecule has 0 radical (unpaired) electrons. The fraction of sp³-hybridized carbons (Fsp3) is 0.280. The minimum atomic E-state index is -2.08. The molecule has 1 aliphatic heterocycles. The van der Waals surface area contributed by atoms with Crippen LogP contribution in [-0.4, -0.2) is 27.5 Å². The first-order valence-corrected chi connectivity index (χ1v) is 10.7. The normalized spacial score (nSPS) is 27.3. The summed E-state index contributed by atoms with van der Waals surface area (Å²) >= 11 is 0. The molecule has 168 valence electrons. The third-order valence-corrected chi connectivity index (χ3v) is 6.90. The zero-order valence-corrected chi connectivity index (χ0v) is 18.1. The van der Waals surface area contributed by atoms with Crippen molar-refractivity contribution in [2.45, 2.75) is 43.4 Å². The molecule has 0 spiro atoms. The molecule has 8 heteroatoms. The number of hydrogen-bond donors (Lipinski definition) is 2. The standard InChI is InChI=1S/C25H22N2O6/c1-13(2)14-9-10-16-19(12-14)33-25(30)18-8-5-11-24(27(31)32,21(18)22(28)20(16)25)17-7-4-3-6-15(17)23(26)29/h3-10,12-13,20,30H,11H2,1-2H3,(H2,26,29). The van der Waals surface area contributed by atoms with E-state index in [4.69, 9.17) is 10.5 Å². The number of amides is 1. The summed E-state index contributed by atoms with van der Waals surface area (Å²) in [6.45, 7) is 4.03. The van der Waals surface area contributed by atoms with Crippen molar-refractivity contribution < 1.29 is 24.4 Å². The number of Topliss-reactive ketones (excluding diaryl/α,β-unsaturated/α-hetero) is 1. The quantitative estimate of drug-likeness (QED) is 0.548. The zero-order chi connectivity index (χ0) is 23.7. The fourth-order valence-electron chi connectivity index (χ4n) is 5.31. The molecule has 0 aromatic heterocycles. The summed E-state index contributed by atoms with van der Waals surface area (Å²) in [7, 11) is 0. The third-order valence-electron chi connectivity index (χ3n) is 6.90. The van der Waals surface area contributed by atoms with E-state index in [-0.39, 0.29) is 34.6 Å². The maximum atomic E-state index is 13.8. The highest BCUT2D eigenvalue weighted by molar-refractivity contribution is 6.09. The molecule has 0 saturated heterocycles. The van der Waals surface area contributed by atoms with Gasteiger partial charge in [-0.1, -0.05) is 56.3 Å². The van der Waals surface area contributed by atoms with Gasteiger partial charge in [-0.25, -0.2) is 0 Å². The summed E-state index contributed by atoms with van der Waals surface area (Å²) in [5.41, 5.74) is 4.75. The van der Waals surface area contributed by atoms with Gasteiger partial charge >= 0.3 is 0 Å². The Labute approximate surface area is 189 Å². The smallest absolute Gasteiger partial charge is 0.280 e. The van der Waals surface area contributed by atoms with Crippen molar-refractivity contribution in [2.75, 3.05) is 0 Å². The maximum absolute atomic E-state index is 13.8. The van der Waals surface area contributed by atoms with E-state index in [2.05, 4.69) is 0 Å². The SMILES string of the molecule is CC(C)c1ccc2c(c1)OC1(O)C3=C(C(=O)C21)C(c1ccccc1C(N)=O)([N+](=O)[O-])CC=C3. The molecular weight excluding hydrogens is 424 g/mol. The number of hydrogen-bond acceptors (Lipinski definition) is 6. The van der Waals surface area contributed by atoms with Gasteiger partial charge in [-0.2, -0.15) is 0 Å². The number of carbonyl (C=O) groups is 2. The molecule has 0 fully saturated rings. The Bertz CT molecular complexity index is 1310. The second kappa shape index (κ2) is 6.86. The molecule has 33 heavy (non-hydrogen) atoms. The lowest BCUT2D eigenvalue weighted by molar-refractivity contribution is -0.565. The Morgan fingerprint density at radius 3 is 2.67 bits per heavy atom. The number of primary amides is 1. The molecule has 1 heterocycles. The molecule has 2 aromatic rings. The summed E-state index contributed by atoms with van der Waals surface area (Å²) < 4.78 is 5.95. The van der Waals surface area contributed by atoms with Gasteiger partial charge in [0.25, 0.3) is 5.54 Å². The van der Waals surface area contributed by atoms with Crippen LogP contribution in [0.25, 0.3) is 0 Å². The van der Waals surface area contributed by atoms with E-state index in [1.165, 1.54) is 24.3 Å². The molecular formula is C25H22N2O6. The van der Waals surface area contributed by atoms with Gasteiger partial charge in [0.2, 0.25) is 11.7 Å². The Morgan fingerprint density at radius 2 is 2.00 bits per heavy atom. The first-order chi connectivity index (χ1) is 15.6. The topological polar surface area (TPSA) is 133 Å². The second-order valence-corrected chi connectivity index (χ2v) is 8.97. The van der Waals surface area contributed by atoms with Crippen molar-refractivity contribution in [1.82, 2.24) is 0 Å². The number of nitro groups is 1. The summed E-state index contributed by atoms with van der Waals surface area (Å²) in [4.78, 5) is 38.0. The van der Waals surface area contributed by atoms with Crippen molar-refractivity contribution in [3.05, 3.63) is 98.1 Å². The number of carbonyl (C=O) groups excluding carboxylic acids is 2. The van der Waals surface area contributed by atoms with Crippen LogP contribution >= 0.6 is 0 Å². The molecule has 3 atom stereocenters. The van der Waals surface area contributed by atoms with Gasteiger partial charge in [-0.15, -0.1) is 0 Å². The Hall–Kier alpha value is -3.78. The predicted octanol–water partition coefficient (Wildman–Crippen LogP) is 3.08. The molecule has 0 saturated carbocycles. The highest BCUT2D eigenvalue weighted by Crippen LogP contribution is 2.59. The summed E-state index contributed by atoms with van der Waals surface area (Å²) in [6, 6.07) is 11.3. The van der Waals surface area contributed by atoms with Crippen molar-refractivity contribution in [1.29, 1.82) is 0 Å². The van der Waals surface area contributed by atoms with Gasteiger partial charge in [-0.05, 0) is 23.6 Å². The van der Waals surface area contributed by atoms with Gasteiger partial charge in [0.15, 0.2) is 5.78 Å². The van der Waals surface area contributed by atoms with Gasteiger partial charge in [0.1, 0.15) is 11.7 Å². The van der Waals surface area contributed by atoms with Crippen LogP contribution in [0, 0.1) is 10.1 Å². The first-order valence-electron chi connectivity index (χ1n) is 10.7. The highest BCUT2D eigenvalue weighted by Gasteiger charge is 2.68. The number of ketones is 1. The average Bonchev–Trinajstić information content (AvgIpc) is 3.20. The van der Waals surface area contributed by atoms with Gasteiger partial charge in [0, 0.05) is 33.6 Å². The molecule has 3 N–H and O–H groups in total. The summed E-state index contributed by atoms with van der Waals surface area (Å²) in [6.07, 6.45) is 2.87. The van der Waals surface area contributed by atoms with Crippen molar-refractivity contribution >= 4 is 11.7 Å². The fourth-order valence-corrected chi connectivity index (χ4v) is 5.31. The highest BCUT2D eigenvalue weighted by atomic mass is 16.6. The van der Waals surface area contributed by atoms with E-state index in [9.17, 15) is 24.8 Å². The molecule has 0 bridgehead atoms. The molecule has 2 aliphatic carbocycles.